The second-order valence-corrected chi connectivity index (χ2v) is 6.77. The van der Waals surface area contributed by atoms with Crippen LogP contribution in [0, 0.1) is 5.92 Å². The maximum absolute atomic E-state index is 2.32. The summed E-state index contributed by atoms with van der Waals surface area (Å²) in [4.78, 5) is 0. The van der Waals surface area contributed by atoms with Gasteiger partial charge in [0.05, 0.1) is 0 Å². The highest BCUT2D eigenvalue weighted by molar-refractivity contribution is 4.62. The molecule has 0 atom stereocenters. The highest BCUT2D eigenvalue weighted by Crippen LogP contribution is 2.25. The van der Waals surface area contributed by atoms with Crippen LogP contribution in [0.4, 0.5) is 0 Å². The van der Waals surface area contributed by atoms with E-state index in [-0.39, 0.29) is 7.43 Å². The molecule has 0 unspecified atom stereocenters. The lowest BCUT2D eigenvalue weighted by Gasteiger charge is -2.18. The van der Waals surface area contributed by atoms with Crippen molar-refractivity contribution in [2.45, 2.75) is 131 Å². The molecule has 21 heavy (non-hydrogen) atoms. The first-order valence-corrected chi connectivity index (χ1v) is 9.85. The lowest BCUT2D eigenvalue weighted by atomic mass is 9.88. The first-order chi connectivity index (χ1) is 9.85. The van der Waals surface area contributed by atoms with Crippen molar-refractivity contribution in [2.24, 2.45) is 5.92 Å². The second-order valence-electron chi connectivity index (χ2n) is 6.77. The molecule has 0 aliphatic heterocycles. The Hall–Kier alpha value is 0. The molecule has 0 spiro atoms. The molecule has 0 bridgehead atoms. The molecule has 0 aromatic heterocycles. The van der Waals surface area contributed by atoms with Gasteiger partial charge in [-0.2, -0.15) is 0 Å². The second kappa shape index (κ2) is 20.0. The van der Waals surface area contributed by atoms with Crippen molar-refractivity contribution in [1.29, 1.82) is 0 Å². The largest absolute Gasteiger partial charge is 0.0776 e. The molecular formula is C21H46. The van der Waals surface area contributed by atoms with Gasteiger partial charge in [-0.1, -0.05) is 131 Å². The minimum absolute atomic E-state index is 0. The summed E-state index contributed by atoms with van der Waals surface area (Å²) < 4.78 is 0. The van der Waals surface area contributed by atoms with Crippen LogP contribution in [0.1, 0.15) is 131 Å². The van der Waals surface area contributed by atoms with Gasteiger partial charge in [-0.15, -0.1) is 0 Å². The average molecular weight is 299 g/mol. The van der Waals surface area contributed by atoms with Gasteiger partial charge in [-0.3, -0.25) is 0 Å². The molecule has 0 heteroatoms. The standard InChI is InChI=1S/C11H22.C9H20.CH4/c1-2-8-11-9-6-4-3-5-7-10-11;1-3-5-7-9-8-6-4-2;/h11H,2-10H2,1H3;3-9H2,1-2H3;1H4. The van der Waals surface area contributed by atoms with E-state index in [9.17, 15) is 0 Å². The summed E-state index contributed by atoms with van der Waals surface area (Å²) in [5, 5.41) is 0. The molecular weight excluding hydrogens is 252 g/mol. The Morgan fingerprint density at radius 1 is 0.571 bits per heavy atom. The van der Waals surface area contributed by atoms with Gasteiger partial charge in [0.15, 0.2) is 0 Å². The van der Waals surface area contributed by atoms with Gasteiger partial charge in [0.1, 0.15) is 0 Å². The molecule has 0 amide bonds. The maximum Gasteiger partial charge on any atom is -0.0414 e. The third-order valence-electron chi connectivity index (χ3n) is 4.63. The molecule has 0 nitrogen and oxygen atoms in total. The number of unbranched alkanes of at least 4 members (excludes halogenated alkanes) is 6. The number of rotatable bonds is 8. The Balaban J connectivity index is 0. The summed E-state index contributed by atoms with van der Waals surface area (Å²) in [6, 6.07) is 0. The van der Waals surface area contributed by atoms with Crippen molar-refractivity contribution < 1.29 is 0 Å². The summed E-state index contributed by atoms with van der Waals surface area (Å²) in [7, 11) is 0. The number of hydrogen-bond donors (Lipinski definition) is 0. The van der Waals surface area contributed by atoms with Crippen LogP contribution >= 0.6 is 0 Å². The van der Waals surface area contributed by atoms with E-state index >= 15 is 0 Å². The molecule has 0 aromatic rings. The summed E-state index contributed by atoms with van der Waals surface area (Å²) >= 11 is 0. The highest BCUT2D eigenvalue weighted by Gasteiger charge is 2.09. The summed E-state index contributed by atoms with van der Waals surface area (Å²) in [6.07, 6.45) is 23.4. The van der Waals surface area contributed by atoms with Gasteiger partial charge in [0, 0.05) is 0 Å². The lowest BCUT2D eigenvalue weighted by molar-refractivity contribution is 0.356. The van der Waals surface area contributed by atoms with Gasteiger partial charge in [0.2, 0.25) is 0 Å². The van der Waals surface area contributed by atoms with E-state index in [1.807, 2.05) is 0 Å². The Labute approximate surface area is 137 Å². The van der Waals surface area contributed by atoms with E-state index in [1.54, 1.807) is 0 Å². The monoisotopic (exact) mass is 298 g/mol. The molecule has 0 radical (unpaired) electrons. The molecule has 1 saturated carbocycles. The van der Waals surface area contributed by atoms with Gasteiger partial charge in [-0.05, 0) is 5.92 Å². The van der Waals surface area contributed by atoms with Crippen LogP contribution in [-0.2, 0) is 0 Å². The van der Waals surface area contributed by atoms with Crippen molar-refractivity contribution in [1.82, 2.24) is 0 Å². The van der Waals surface area contributed by atoms with Crippen LogP contribution in [0.15, 0.2) is 0 Å². The van der Waals surface area contributed by atoms with Crippen LogP contribution in [0.3, 0.4) is 0 Å². The number of hydrogen-bond acceptors (Lipinski definition) is 0. The fourth-order valence-electron chi connectivity index (χ4n) is 3.27. The zero-order chi connectivity index (χ0) is 14.9. The van der Waals surface area contributed by atoms with Gasteiger partial charge in [-0.25, -0.2) is 0 Å². The minimum Gasteiger partial charge on any atom is -0.0776 e. The Morgan fingerprint density at radius 2 is 1.00 bits per heavy atom. The van der Waals surface area contributed by atoms with E-state index in [1.165, 1.54) is 103 Å². The van der Waals surface area contributed by atoms with E-state index in [2.05, 4.69) is 20.8 Å². The van der Waals surface area contributed by atoms with E-state index in [0.717, 1.165) is 5.92 Å². The van der Waals surface area contributed by atoms with E-state index in [0.29, 0.717) is 0 Å². The van der Waals surface area contributed by atoms with Crippen LogP contribution in [-0.4, -0.2) is 0 Å². The molecule has 1 aliphatic carbocycles. The molecule has 1 fully saturated rings. The summed E-state index contributed by atoms with van der Waals surface area (Å²) in [5.41, 5.74) is 0. The molecule has 1 aliphatic rings. The first kappa shape index (κ1) is 23.3. The van der Waals surface area contributed by atoms with Crippen LogP contribution in [0.25, 0.3) is 0 Å². The molecule has 0 heterocycles. The summed E-state index contributed by atoms with van der Waals surface area (Å²) in [6.45, 7) is 6.85. The summed E-state index contributed by atoms with van der Waals surface area (Å²) in [5.74, 6) is 1.08. The average Bonchev–Trinajstić information content (AvgIpc) is 2.42. The fraction of sp³-hybridized carbons (Fsp3) is 1.00. The topological polar surface area (TPSA) is 0 Å². The van der Waals surface area contributed by atoms with Gasteiger partial charge >= 0.3 is 0 Å². The Morgan fingerprint density at radius 3 is 1.43 bits per heavy atom. The third-order valence-corrected chi connectivity index (χ3v) is 4.63. The van der Waals surface area contributed by atoms with E-state index in [4.69, 9.17) is 0 Å². The molecule has 130 valence electrons. The molecule has 0 N–H and O–H groups in total. The van der Waals surface area contributed by atoms with Crippen molar-refractivity contribution in [3.05, 3.63) is 0 Å². The van der Waals surface area contributed by atoms with Crippen molar-refractivity contribution in [3.8, 4) is 0 Å². The molecule has 1 rings (SSSR count). The fourth-order valence-corrected chi connectivity index (χ4v) is 3.27. The minimum atomic E-state index is 0. The SMILES string of the molecule is C.CCCC1CCCCCCC1.CCCCCCCCC. The zero-order valence-electron chi connectivity index (χ0n) is 14.9. The predicted molar refractivity (Wildman–Crippen MR) is 101 cm³/mol. The quantitative estimate of drug-likeness (QED) is 0.394. The van der Waals surface area contributed by atoms with Crippen molar-refractivity contribution in [3.63, 3.8) is 0 Å². The predicted octanol–water partition coefficient (Wildman–Crippen LogP) is 8.54. The zero-order valence-corrected chi connectivity index (χ0v) is 14.9. The van der Waals surface area contributed by atoms with Gasteiger partial charge in [0.25, 0.3) is 0 Å². The highest BCUT2D eigenvalue weighted by atomic mass is 14.1. The van der Waals surface area contributed by atoms with Crippen molar-refractivity contribution >= 4 is 0 Å². The Kier molecular flexibility index (Phi) is 22.2. The smallest absolute Gasteiger partial charge is 0.0414 e. The van der Waals surface area contributed by atoms with Crippen LogP contribution in [0.2, 0.25) is 0 Å². The van der Waals surface area contributed by atoms with E-state index < -0.39 is 0 Å². The first-order valence-electron chi connectivity index (χ1n) is 9.85. The normalized spacial score (nSPS) is 16.1. The van der Waals surface area contributed by atoms with Crippen LogP contribution < -0.4 is 0 Å². The van der Waals surface area contributed by atoms with Crippen molar-refractivity contribution in [2.75, 3.05) is 0 Å². The Bertz CT molecular complexity index is 147. The third kappa shape index (κ3) is 18.0. The molecule has 0 saturated heterocycles. The molecule has 0 aromatic carbocycles. The van der Waals surface area contributed by atoms with Crippen LogP contribution in [0.5, 0.6) is 0 Å². The lowest BCUT2D eigenvalue weighted by Crippen LogP contribution is -2.02. The maximum atomic E-state index is 2.32. The van der Waals surface area contributed by atoms with Gasteiger partial charge < -0.3 is 0 Å².